The van der Waals surface area contributed by atoms with E-state index in [1.54, 1.807) is 0 Å². The Morgan fingerprint density at radius 3 is 2.30 bits per heavy atom. The van der Waals surface area contributed by atoms with Crippen molar-refractivity contribution >= 4 is 17.5 Å². The van der Waals surface area contributed by atoms with Gasteiger partial charge in [0.2, 0.25) is 0 Å². The highest BCUT2D eigenvalue weighted by Gasteiger charge is 2.34. The standard InChI is InChI=1S/C8H12OS/c9-8-6-2-1-3-7(8)5-10-4-6/h6-7H,1-5H2/t6-,7+. The summed E-state index contributed by atoms with van der Waals surface area (Å²) in [4.78, 5) is 11.4. The molecule has 56 valence electrons. The maximum absolute atomic E-state index is 11.4. The highest BCUT2D eigenvalue weighted by Crippen LogP contribution is 2.35. The Morgan fingerprint density at radius 1 is 1.20 bits per heavy atom. The molecule has 1 nitrogen and oxygen atoms in total. The minimum absolute atomic E-state index is 0.442. The Kier molecular flexibility index (Phi) is 1.73. The molecular formula is C8H12OS. The van der Waals surface area contributed by atoms with Gasteiger partial charge in [-0.05, 0) is 12.8 Å². The van der Waals surface area contributed by atoms with Crippen molar-refractivity contribution in [2.75, 3.05) is 11.5 Å². The Morgan fingerprint density at radius 2 is 1.80 bits per heavy atom. The highest BCUT2D eigenvalue weighted by atomic mass is 32.2. The van der Waals surface area contributed by atoms with Crippen LogP contribution in [0.3, 0.4) is 0 Å². The summed E-state index contributed by atoms with van der Waals surface area (Å²) in [6, 6.07) is 0. The molecule has 1 saturated heterocycles. The molecule has 2 fully saturated rings. The van der Waals surface area contributed by atoms with Crippen molar-refractivity contribution in [1.29, 1.82) is 0 Å². The Labute approximate surface area is 65.6 Å². The quantitative estimate of drug-likeness (QED) is 0.531. The van der Waals surface area contributed by atoms with Crippen LogP contribution in [0.5, 0.6) is 0 Å². The number of hydrogen-bond acceptors (Lipinski definition) is 2. The minimum atomic E-state index is 0.442. The monoisotopic (exact) mass is 156 g/mol. The summed E-state index contributed by atoms with van der Waals surface area (Å²) in [5.74, 6) is 3.67. The molecule has 0 unspecified atom stereocenters. The Hall–Kier alpha value is 0.0200. The van der Waals surface area contributed by atoms with Gasteiger partial charge in [-0.3, -0.25) is 4.79 Å². The van der Waals surface area contributed by atoms with E-state index in [2.05, 4.69) is 0 Å². The third kappa shape index (κ3) is 0.986. The largest absolute Gasteiger partial charge is 0.299 e. The summed E-state index contributed by atoms with van der Waals surface area (Å²) in [5.41, 5.74) is 0. The van der Waals surface area contributed by atoms with Crippen LogP contribution in [0.4, 0.5) is 0 Å². The van der Waals surface area contributed by atoms with Gasteiger partial charge in [-0.15, -0.1) is 0 Å². The van der Waals surface area contributed by atoms with E-state index >= 15 is 0 Å². The molecule has 0 radical (unpaired) electrons. The lowest BCUT2D eigenvalue weighted by atomic mass is 9.82. The molecule has 0 aromatic carbocycles. The van der Waals surface area contributed by atoms with Crippen molar-refractivity contribution in [2.45, 2.75) is 19.3 Å². The smallest absolute Gasteiger partial charge is 0.140 e. The number of thioether (sulfide) groups is 1. The third-order valence-electron chi connectivity index (χ3n) is 2.55. The van der Waals surface area contributed by atoms with E-state index < -0.39 is 0 Å². The van der Waals surface area contributed by atoms with Crippen LogP contribution in [0.15, 0.2) is 0 Å². The van der Waals surface area contributed by atoms with E-state index in [0.717, 1.165) is 11.5 Å². The summed E-state index contributed by atoms with van der Waals surface area (Å²) in [7, 11) is 0. The van der Waals surface area contributed by atoms with Gasteiger partial charge in [-0.1, -0.05) is 6.42 Å². The summed E-state index contributed by atoms with van der Waals surface area (Å²) in [5, 5.41) is 0. The number of fused-ring (bicyclic) bond motifs is 2. The number of ketones is 1. The summed E-state index contributed by atoms with van der Waals surface area (Å²) in [6.07, 6.45) is 3.63. The lowest BCUT2D eigenvalue weighted by Gasteiger charge is -2.31. The van der Waals surface area contributed by atoms with Crippen LogP contribution in [0, 0.1) is 11.8 Å². The second kappa shape index (κ2) is 2.57. The molecule has 0 aromatic rings. The topological polar surface area (TPSA) is 17.1 Å². The molecule has 2 bridgehead atoms. The van der Waals surface area contributed by atoms with Crippen LogP contribution in [-0.4, -0.2) is 17.3 Å². The van der Waals surface area contributed by atoms with E-state index in [4.69, 9.17) is 0 Å². The average Bonchev–Trinajstić information content (AvgIpc) is 1.86. The average molecular weight is 156 g/mol. The molecular weight excluding hydrogens is 144 g/mol. The Bertz CT molecular complexity index is 131. The maximum Gasteiger partial charge on any atom is 0.140 e. The fourth-order valence-corrected chi connectivity index (χ4v) is 3.28. The molecule has 0 spiro atoms. The van der Waals surface area contributed by atoms with Gasteiger partial charge in [-0.2, -0.15) is 11.8 Å². The first-order chi connectivity index (χ1) is 4.88. The second-order valence-electron chi connectivity index (χ2n) is 3.26. The van der Waals surface area contributed by atoms with Gasteiger partial charge in [0.15, 0.2) is 0 Å². The summed E-state index contributed by atoms with van der Waals surface area (Å²) < 4.78 is 0. The number of rotatable bonds is 0. The van der Waals surface area contributed by atoms with Gasteiger partial charge < -0.3 is 0 Å². The van der Waals surface area contributed by atoms with Gasteiger partial charge in [0.05, 0.1) is 0 Å². The van der Waals surface area contributed by atoms with Crippen molar-refractivity contribution in [1.82, 2.24) is 0 Å². The first-order valence-corrected chi connectivity index (χ1v) is 5.15. The molecule has 2 atom stereocenters. The normalized spacial score (nSPS) is 39.8. The molecule has 2 rings (SSSR count). The zero-order valence-electron chi connectivity index (χ0n) is 6.01. The molecule has 2 heteroatoms. The lowest BCUT2D eigenvalue weighted by molar-refractivity contribution is -0.127. The molecule has 1 heterocycles. The van der Waals surface area contributed by atoms with Crippen LogP contribution in [0.2, 0.25) is 0 Å². The first kappa shape index (κ1) is 6.71. The predicted molar refractivity (Wildman–Crippen MR) is 43.2 cm³/mol. The van der Waals surface area contributed by atoms with Gasteiger partial charge in [0.25, 0.3) is 0 Å². The van der Waals surface area contributed by atoms with Crippen molar-refractivity contribution in [2.24, 2.45) is 11.8 Å². The van der Waals surface area contributed by atoms with Crippen molar-refractivity contribution in [3.8, 4) is 0 Å². The van der Waals surface area contributed by atoms with Crippen LogP contribution in [0.25, 0.3) is 0 Å². The number of hydrogen-bond donors (Lipinski definition) is 0. The van der Waals surface area contributed by atoms with Crippen LogP contribution >= 0.6 is 11.8 Å². The molecule has 1 aliphatic carbocycles. The van der Waals surface area contributed by atoms with Crippen molar-refractivity contribution in [3.05, 3.63) is 0 Å². The first-order valence-electron chi connectivity index (χ1n) is 3.99. The zero-order valence-corrected chi connectivity index (χ0v) is 6.82. The molecule has 0 N–H and O–H groups in total. The molecule has 2 aliphatic rings. The second-order valence-corrected chi connectivity index (χ2v) is 4.34. The number of carbonyl (C=O) groups excluding carboxylic acids is 1. The van der Waals surface area contributed by atoms with Gasteiger partial charge >= 0.3 is 0 Å². The van der Waals surface area contributed by atoms with Crippen LogP contribution in [-0.2, 0) is 4.79 Å². The highest BCUT2D eigenvalue weighted by molar-refractivity contribution is 7.99. The van der Waals surface area contributed by atoms with Gasteiger partial charge in [0.1, 0.15) is 5.78 Å². The van der Waals surface area contributed by atoms with E-state index in [9.17, 15) is 4.79 Å². The van der Waals surface area contributed by atoms with Crippen molar-refractivity contribution in [3.63, 3.8) is 0 Å². The number of Topliss-reactive ketones (excluding diaryl/α,β-unsaturated/α-hetero) is 1. The fourth-order valence-electron chi connectivity index (χ4n) is 1.91. The zero-order chi connectivity index (χ0) is 6.97. The minimum Gasteiger partial charge on any atom is -0.299 e. The summed E-state index contributed by atoms with van der Waals surface area (Å²) >= 11 is 1.97. The summed E-state index contributed by atoms with van der Waals surface area (Å²) in [6.45, 7) is 0. The lowest BCUT2D eigenvalue weighted by Crippen LogP contribution is -2.35. The molecule has 10 heavy (non-hydrogen) atoms. The number of carbonyl (C=O) groups is 1. The van der Waals surface area contributed by atoms with E-state index in [1.807, 2.05) is 11.8 Å². The third-order valence-corrected chi connectivity index (χ3v) is 3.82. The molecule has 0 amide bonds. The van der Waals surface area contributed by atoms with Crippen LogP contribution < -0.4 is 0 Å². The predicted octanol–water partition coefficient (Wildman–Crippen LogP) is 1.72. The van der Waals surface area contributed by atoms with E-state index in [1.165, 1.54) is 19.3 Å². The van der Waals surface area contributed by atoms with Gasteiger partial charge in [0, 0.05) is 23.3 Å². The van der Waals surface area contributed by atoms with Crippen LogP contribution in [0.1, 0.15) is 19.3 Å². The SMILES string of the molecule is O=C1[C@@H]2CCC[C@H]1CSC2. The van der Waals surface area contributed by atoms with Gasteiger partial charge in [-0.25, -0.2) is 0 Å². The molecule has 1 aliphatic heterocycles. The maximum atomic E-state index is 11.4. The van der Waals surface area contributed by atoms with E-state index in [0.29, 0.717) is 17.6 Å². The Balaban J connectivity index is 2.12. The fraction of sp³-hybridized carbons (Fsp3) is 0.875. The molecule has 0 aromatic heterocycles. The van der Waals surface area contributed by atoms with E-state index in [-0.39, 0.29) is 0 Å². The molecule has 1 saturated carbocycles. The van der Waals surface area contributed by atoms with Crippen molar-refractivity contribution < 1.29 is 4.79 Å².